The fourth-order valence-electron chi connectivity index (χ4n) is 3.39. The third kappa shape index (κ3) is 4.00. The van der Waals surface area contributed by atoms with Gasteiger partial charge in [0.2, 0.25) is 5.91 Å². The molecule has 8 heteroatoms. The van der Waals surface area contributed by atoms with E-state index in [0.717, 1.165) is 16.8 Å². The third-order valence-corrected chi connectivity index (χ3v) is 4.87. The van der Waals surface area contributed by atoms with E-state index in [-0.39, 0.29) is 24.5 Å². The van der Waals surface area contributed by atoms with E-state index in [1.165, 1.54) is 0 Å². The van der Waals surface area contributed by atoms with E-state index in [4.69, 9.17) is 11.6 Å². The van der Waals surface area contributed by atoms with Gasteiger partial charge in [0.25, 0.3) is 5.95 Å². The number of amides is 1. The molecular weight excluding hydrogens is 388 g/mol. The molecule has 148 valence electrons. The summed E-state index contributed by atoms with van der Waals surface area (Å²) in [5.74, 6) is 0.415. The van der Waals surface area contributed by atoms with Crippen molar-refractivity contribution in [1.82, 2.24) is 25.5 Å². The minimum atomic E-state index is -0.184. The smallest absolute Gasteiger partial charge is 0.251 e. The van der Waals surface area contributed by atoms with Gasteiger partial charge in [-0.05, 0) is 53.6 Å². The number of carbonyl (C=O) groups is 1. The number of aromatic nitrogens is 4. The molecule has 0 aliphatic carbocycles. The van der Waals surface area contributed by atoms with Gasteiger partial charge in [0.15, 0.2) is 0 Å². The Labute approximate surface area is 174 Å². The summed E-state index contributed by atoms with van der Waals surface area (Å²) in [5.41, 5.74) is 2.84. The normalized spacial score (nSPS) is 15.8. The van der Waals surface area contributed by atoms with Gasteiger partial charge < -0.3 is 5.32 Å². The minimum absolute atomic E-state index is 0.0447. The molecule has 1 aliphatic heterocycles. The predicted molar refractivity (Wildman–Crippen MR) is 112 cm³/mol. The quantitative estimate of drug-likeness (QED) is 0.701. The van der Waals surface area contributed by atoms with Crippen LogP contribution in [0.5, 0.6) is 0 Å². The first-order chi connectivity index (χ1) is 14.0. The molecule has 3 aromatic rings. The molecule has 1 aliphatic rings. The highest BCUT2D eigenvalue weighted by molar-refractivity contribution is 6.30. The van der Waals surface area contributed by atoms with E-state index in [0.29, 0.717) is 11.0 Å². The molecule has 2 heterocycles. The molecule has 0 saturated heterocycles. The molecule has 1 unspecified atom stereocenters. The number of rotatable bonds is 5. The number of allylic oxidation sites excluding steroid dienone is 1. The molecular formula is C21H21ClN6O. The van der Waals surface area contributed by atoms with Crippen molar-refractivity contribution in [2.24, 2.45) is 0 Å². The van der Waals surface area contributed by atoms with Crippen molar-refractivity contribution >= 4 is 29.2 Å². The zero-order valence-corrected chi connectivity index (χ0v) is 16.9. The number of halogens is 1. The highest BCUT2D eigenvalue weighted by Gasteiger charge is 2.31. The van der Waals surface area contributed by atoms with Crippen molar-refractivity contribution in [2.45, 2.75) is 25.9 Å². The van der Waals surface area contributed by atoms with Crippen LogP contribution in [0.3, 0.4) is 0 Å². The topological polar surface area (TPSA) is 75.9 Å². The second-order valence-corrected chi connectivity index (χ2v) is 7.58. The summed E-state index contributed by atoms with van der Waals surface area (Å²) in [7, 11) is 0. The highest BCUT2D eigenvalue weighted by atomic mass is 35.5. The molecule has 0 fully saturated rings. The Hall–Kier alpha value is -3.19. The van der Waals surface area contributed by atoms with Crippen LogP contribution in [0, 0.1) is 0 Å². The van der Waals surface area contributed by atoms with E-state index in [9.17, 15) is 4.79 Å². The standard InChI is InChI=1S/C21H21ClN6O/c1-14(2)23-20(29)13-27-18(16-8-10-17(22)11-9-16)12-19(15-6-4-3-5-7-15)28-21(27)24-25-26-28/h3-12,14,19H,13H2,1-2H3,(H,23,29). The van der Waals surface area contributed by atoms with Crippen LogP contribution < -0.4 is 10.2 Å². The third-order valence-electron chi connectivity index (χ3n) is 4.62. The van der Waals surface area contributed by atoms with Crippen LogP contribution in [0.2, 0.25) is 5.02 Å². The van der Waals surface area contributed by atoms with Gasteiger partial charge in [-0.3, -0.25) is 9.69 Å². The lowest BCUT2D eigenvalue weighted by atomic mass is 10.0. The average molecular weight is 409 g/mol. The Kier molecular flexibility index (Phi) is 5.31. The molecule has 1 amide bonds. The number of hydrogen-bond acceptors (Lipinski definition) is 5. The van der Waals surface area contributed by atoms with E-state index < -0.39 is 0 Å². The van der Waals surface area contributed by atoms with Crippen LogP contribution in [0.15, 0.2) is 60.7 Å². The van der Waals surface area contributed by atoms with E-state index in [1.54, 1.807) is 4.68 Å². The van der Waals surface area contributed by atoms with Crippen LogP contribution in [-0.2, 0) is 4.79 Å². The number of tetrazole rings is 1. The molecule has 1 aromatic heterocycles. The molecule has 0 spiro atoms. The molecule has 7 nitrogen and oxygen atoms in total. The number of anilines is 1. The maximum absolute atomic E-state index is 12.6. The second kappa shape index (κ2) is 8.05. The first kappa shape index (κ1) is 19.1. The first-order valence-corrected chi connectivity index (χ1v) is 9.78. The number of carbonyl (C=O) groups excluding carboxylic acids is 1. The predicted octanol–water partition coefficient (Wildman–Crippen LogP) is 3.30. The summed E-state index contributed by atoms with van der Waals surface area (Å²) in [6, 6.07) is 17.4. The molecule has 0 saturated carbocycles. The van der Waals surface area contributed by atoms with Gasteiger partial charge >= 0.3 is 0 Å². The number of benzene rings is 2. The van der Waals surface area contributed by atoms with Crippen molar-refractivity contribution in [3.63, 3.8) is 0 Å². The lowest BCUT2D eigenvalue weighted by molar-refractivity contribution is -0.120. The van der Waals surface area contributed by atoms with Crippen molar-refractivity contribution in [3.05, 3.63) is 76.8 Å². The number of nitrogens with one attached hydrogen (secondary N) is 1. The van der Waals surface area contributed by atoms with Gasteiger partial charge in [-0.2, -0.15) is 4.68 Å². The number of nitrogens with zero attached hydrogens (tertiary/aromatic N) is 5. The SMILES string of the molecule is CC(C)NC(=O)CN1C(c2ccc(Cl)cc2)=CC(c2ccccc2)n2nnnc21. The molecule has 2 aromatic carbocycles. The fourth-order valence-corrected chi connectivity index (χ4v) is 3.52. The van der Waals surface area contributed by atoms with Crippen LogP contribution >= 0.6 is 11.6 Å². The lowest BCUT2D eigenvalue weighted by Crippen LogP contribution is -2.42. The Bertz CT molecular complexity index is 1030. The van der Waals surface area contributed by atoms with Crippen molar-refractivity contribution < 1.29 is 4.79 Å². The summed E-state index contributed by atoms with van der Waals surface area (Å²) < 4.78 is 1.73. The maximum Gasteiger partial charge on any atom is 0.251 e. The van der Waals surface area contributed by atoms with Crippen LogP contribution in [0.25, 0.3) is 5.70 Å². The largest absolute Gasteiger partial charge is 0.352 e. The summed E-state index contributed by atoms with van der Waals surface area (Å²) >= 11 is 6.08. The van der Waals surface area contributed by atoms with E-state index in [2.05, 4.69) is 26.9 Å². The van der Waals surface area contributed by atoms with Gasteiger partial charge in [-0.15, -0.1) is 0 Å². The molecule has 1 atom stereocenters. The zero-order chi connectivity index (χ0) is 20.4. The summed E-state index contributed by atoms with van der Waals surface area (Å²) in [4.78, 5) is 14.4. The van der Waals surface area contributed by atoms with Gasteiger partial charge in [-0.1, -0.05) is 59.2 Å². The van der Waals surface area contributed by atoms with Crippen molar-refractivity contribution in [3.8, 4) is 0 Å². The minimum Gasteiger partial charge on any atom is -0.352 e. The Morgan fingerprint density at radius 3 is 2.55 bits per heavy atom. The van der Waals surface area contributed by atoms with Crippen molar-refractivity contribution in [2.75, 3.05) is 11.4 Å². The van der Waals surface area contributed by atoms with Gasteiger partial charge in [0, 0.05) is 11.1 Å². The molecule has 0 radical (unpaired) electrons. The summed E-state index contributed by atoms with van der Waals surface area (Å²) in [6.45, 7) is 3.97. The summed E-state index contributed by atoms with van der Waals surface area (Å²) in [5, 5.41) is 15.9. The Balaban J connectivity index is 1.80. The maximum atomic E-state index is 12.6. The zero-order valence-electron chi connectivity index (χ0n) is 16.2. The monoisotopic (exact) mass is 408 g/mol. The lowest BCUT2D eigenvalue weighted by Gasteiger charge is -2.32. The average Bonchev–Trinajstić information content (AvgIpc) is 3.19. The van der Waals surface area contributed by atoms with Crippen LogP contribution in [0.1, 0.15) is 31.0 Å². The molecule has 4 rings (SSSR count). The number of fused-ring (bicyclic) bond motifs is 1. The molecule has 1 N–H and O–H groups in total. The van der Waals surface area contributed by atoms with Crippen LogP contribution in [-0.4, -0.2) is 38.7 Å². The number of hydrogen-bond donors (Lipinski definition) is 1. The van der Waals surface area contributed by atoms with Crippen LogP contribution in [0.4, 0.5) is 5.95 Å². The Morgan fingerprint density at radius 1 is 1.14 bits per heavy atom. The fraction of sp³-hybridized carbons (Fsp3) is 0.238. The second-order valence-electron chi connectivity index (χ2n) is 7.15. The summed E-state index contributed by atoms with van der Waals surface area (Å²) in [6.07, 6.45) is 2.07. The molecule has 29 heavy (non-hydrogen) atoms. The first-order valence-electron chi connectivity index (χ1n) is 9.40. The van der Waals surface area contributed by atoms with E-state index in [1.807, 2.05) is 73.3 Å². The van der Waals surface area contributed by atoms with E-state index >= 15 is 0 Å². The Morgan fingerprint density at radius 2 is 1.86 bits per heavy atom. The van der Waals surface area contributed by atoms with Gasteiger partial charge in [0.05, 0.1) is 5.70 Å². The van der Waals surface area contributed by atoms with Gasteiger partial charge in [0.1, 0.15) is 12.6 Å². The van der Waals surface area contributed by atoms with Gasteiger partial charge in [-0.25, -0.2) is 0 Å². The van der Waals surface area contributed by atoms with Crippen molar-refractivity contribution in [1.29, 1.82) is 0 Å². The highest BCUT2D eigenvalue weighted by Crippen LogP contribution is 2.36. The molecule has 0 bridgehead atoms.